The van der Waals surface area contributed by atoms with Crippen molar-refractivity contribution in [3.63, 3.8) is 0 Å². The zero-order chi connectivity index (χ0) is 34.2. The average molecular weight is 682 g/mol. The third-order valence-electron chi connectivity index (χ3n) is 13.2. The molecule has 2 N–H and O–H groups in total. The number of piperidine rings is 1. The van der Waals surface area contributed by atoms with Crippen molar-refractivity contribution in [3.8, 4) is 0 Å². The Morgan fingerprint density at radius 1 is 1.00 bits per heavy atom. The van der Waals surface area contributed by atoms with Crippen LogP contribution in [0.1, 0.15) is 89.5 Å². The van der Waals surface area contributed by atoms with E-state index in [2.05, 4.69) is 5.32 Å². The highest BCUT2D eigenvalue weighted by molar-refractivity contribution is 6.01. The number of nitrogens with zero attached hydrogens (tertiary/aromatic N) is 1. The number of quaternary nitrogens is 1. The predicted molar refractivity (Wildman–Crippen MR) is 176 cm³/mol. The van der Waals surface area contributed by atoms with Crippen LogP contribution in [0.3, 0.4) is 0 Å². The van der Waals surface area contributed by atoms with Gasteiger partial charge in [0.15, 0.2) is 5.57 Å². The zero-order valence-corrected chi connectivity index (χ0v) is 28.3. The smallest absolute Gasteiger partial charge is 0.425 e. The number of hydrogen-bond donors (Lipinski definition) is 2. The van der Waals surface area contributed by atoms with Crippen LogP contribution in [0, 0.1) is 23.2 Å². The maximum absolute atomic E-state index is 14.5. The van der Waals surface area contributed by atoms with Crippen molar-refractivity contribution < 1.29 is 41.8 Å². The van der Waals surface area contributed by atoms with Crippen LogP contribution in [0.5, 0.6) is 0 Å². The summed E-state index contributed by atoms with van der Waals surface area (Å²) < 4.78 is 57.5. The van der Waals surface area contributed by atoms with E-state index in [1.165, 1.54) is 99.8 Å². The number of alkyl halides is 3. The number of aliphatic hydroxyl groups is 1. The lowest BCUT2D eigenvalue weighted by atomic mass is 9.49. The van der Waals surface area contributed by atoms with E-state index in [1.54, 1.807) is 6.07 Å². The van der Waals surface area contributed by atoms with E-state index in [1.807, 2.05) is 6.08 Å². The van der Waals surface area contributed by atoms with Gasteiger partial charge in [-0.1, -0.05) is 62.1 Å². The Kier molecular flexibility index (Phi) is 8.10. The molecule has 264 valence electrons. The number of rotatable bonds is 8. The molecule has 1 amide bonds. The first-order valence-electron chi connectivity index (χ1n) is 18.5. The third-order valence-corrected chi connectivity index (χ3v) is 13.2. The molecule has 5 aliphatic carbocycles. The van der Waals surface area contributed by atoms with Crippen LogP contribution < -0.4 is 5.32 Å². The molecule has 10 heteroatoms. The van der Waals surface area contributed by atoms with Crippen LogP contribution in [-0.2, 0) is 19.1 Å². The molecule has 2 heterocycles. The topological polar surface area (TPSA) is 84.9 Å². The summed E-state index contributed by atoms with van der Waals surface area (Å²) in [5.74, 6) is -1.63. The Hall–Kier alpha value is -3.11. The van der Waals surface area contributed by atoms with E-state index in [4.69, 9.17) is 9.47 Å². The minimum atomic E-state index is -5.19. The van der Waals surface area contributed by atoms with Gasteiger partial charge in [-0.3, -0.25) is 9.59 Å². The Balaban J connectivity index is 1.18. The maximum Gasteiger partial charge on any atom is 0.425 e. The number of hydrogen-bond acceptors (Lipinski definition) is 5. The number of benzene rings is 1. The molecule has 7 aliphatic rings. The first-order valence-corrected chi connectivity index (χ1v) is 18.5. The molecule has 1 aromatic rings. The van der Waals surface area contributed by atoms with Crippen molar-refractivity contribution in [2.75, 3.05) is 19.6 Å². The Bertz CT molecular complexity index is 1590. The fraction of sp³-hybridized carbons (Fsp3) is 0.641. The molecule has 0 aromatic heterocycles. The molecule has 2 bridgehead atoms. The normalized spacial score (nSPS) is 37.3. The van der Waals surface area contributed by atoms with Gasteiger partial charge in [0.1, 0.15) is 11.9 Å². The van der Waals surface area contributed by atoms with E-state index >= 15 is 0 Å². The highest BCUT2D eigenvalue weighted by atomic mass is 19.4. The predicted octanol–water partition coefficient (Wildman–Crippen LogP) is 7.30. The van der Waals surface area contributed by atoms with Crippen LogP contribution in [0.4, 0.5) is 13.2 Å². The van der Waals surface area contributed by atoms with Crippen molar-refractivity contribution in [2.24, 2.45) is 23.2 Å². The van der Waals surface area contributed by atoms with Gasteiger partial charge in [-0.2, -0.15) is 13.2 Å². The van der Waals surface area contributed by atoms with Gasteiger partial charge in [0.05, 0.1) is 31.8 Å². The van der Waals surface area contributed by atoms with Gasteiger partial charge >= 0.3 is 12.1 Å². The number of allylic oxidation sites excluding steroid dienone is 1. The van der Waals surface area contributed by atoms with E-state index in [0.717, 1.165) is 61.6 Å². The minimum Gasteiger partial charge on any atom is -0.506 e. The van der Waals surface area contributed by atoms with Crippen molar-refractivity contribution >= 4 is 17.6 Å². The van der Waals surface area contributed by atoms with Crippen LogP contribution in [0.25, 0.3) is 5.76 Å². The van der Waals surface area contributed by atoms with Gasteiger partial charge in [-0.05, 0) is 55.7 Å². The molecule has 7 atom stereocenters. The van der Waals surface area contributed by atoms with E-state index in [0.29, 0.717) is 12.0 Å². The summed E-state index contributed by atoms with van der Waals surface area (Å²) in [7, 11) is 0. The molecule has 49 heavy (non-hydrogen) atoms. The molecule has 3 saturated carbocycles. The number of aliphatic hydroxyl groups excluding tert-OH is 1. The molecule has 5 fully saturated rings. The molecule has 1 spiro atoms. The van der Waals surface area contributed by atoms with E-state index in [-0.39, 0.29) is 17.1 Å². The van der Waals surface area contributed by atoms with Gasteiger partial charge in [0.2, 0.25) is 5.72 Å². The van der Waals surface area contributed by atoms with Crippen molar-refractivity contribution in [3.05, 3.63) is 64.8 Å². The number of esters is 1. The molecule has 2 aliphatic heterocycles. The summed E-state index contributed by atoms with van der Waals surface area (Å²) in [4.78, 5) is 26.5. The maximum atomic E-state index is 14.5. The standard InChI is InChI=1S/C39H47F3N2O5/c1-24(45)49-38(43-36(47)33(39(40,41)42)34(46)27-11-6-3-7-12-27)18-17-28-21-30-29-13-8-14-31-37(29,32(28)35(38)48-31)19-20-44(30,23-26-15-16-26)22-25-9-4-2-5-10-25/h3,6-7,11-12,17-18,25-26,29-31,35H,2,4-5,8-10,13-16,19-23H2,1H3,(H-,43,46,47)/p+1/t29-,30+,31-,35?,37+,38?,44?/m0/s1. The highest BCUT2D eigenvalue weighted by Crippen LogP contribution is 2.68. The summed E-state index contributed by atoms with van der Waals surface area (Å²) >= 11 is 0. The molecule has 7 nitrogen and oxygen atoms in total. The number of nitrogens with one attached hydrogen (secondary N) is 1. The summed E-state index contributed by atoms with van der Waals surface area (Å²) in [6.45, 7) is 4.71. The number of ether oxygens (including phenoxy) is 2. The van der Waals surface area contributed by atoms with Crippen molar-refractivity contribution in [1.82, 2.24) is 5.32 Å². The van der Waals surface area contributed by atoms with Gasteiger partial charge in [0, 0.05) is 48.5 Å². The molecule has 0 radical (unpaired) electrons. The lowest BCUT2D eigenvalue weighted by Gasteiger charge is -2.63. The lowest BCUT2D eigenvalue weighted by molar-refractivity contribution is -0.967. The fourth-order valence-electron chi connectivity index (χ4n) is 11.2. The number of amides is 1. The number of carbonyl (C=O) groups is 2. The molecule has 2 saturated heterocycles. The summed E-state index contributed by atoms with van der Waals surface area (Å²) in [5.41, 5.74) is -2.08. The number of halogens is 3. The van der Waals surface area contributed by atoms with E-state index < -0.39 is 41.2 Å². The quantitative estimate of drug-likeness (QED) is 0.0990. The van der Waals surface area contributed by atoms with Crippen LogP contribution in [0.15, 0.2) is 59.2 Å². The van der Waals surface area contributed by atoms with Crippen molar-refractivity contribution in [2.45, 2.75) is 114 Å². The van der Waals surface area contributed by atoms with Crippen LogP contribution >= 0.6 is 0 Å². The Labute approximate surface area is 286 Å². The first kappa shape index (κ1) is 33.1. The second-order valence-corrected chi connectivity index (χ2v) is 16.1. The SMILES string of the molecule is CC(=O)OC1(NC(=O)C(=C(O)c2ccccc2)C(F)(F)F)C=CC2=C3C1O[C@H]1CCC[C@H]4[C@@H](C2)[N+](CC2CCCCC2)(CC2CC2)CC[C@]314. The summed E-state index contributed by atoms with van der Waals surface area (Å²) in [6.07, 6.45) is 11.0. The highest BCUT2D eigenvalue weighted by Gasteiger charge is 2.72. The fourth-order valence-corrected chi connectivity index (χ4v) is 11.2. The summed E-state index contributed by atoms with van der Waals surface area (Å²) in [6, 6.07) is 7.61. The second-order valence-electron chi connectivity index (χ2n) is 16.1. The molecule has 3 unspecified atom stereocenters. The van der Waals surface area contributed by atoms with Gasteiger partial charge in [-0.25, -0.2) is 0 Å². The third kappa shape index (κ3) is 5.47. The molecule has 1 aromatic carbocycles. The van der Waals surface area contributed by atoms with Crippen molar-refractivity contribution in [1.29, 1.82) is 0 Å². The minimum absolute atomic E-state index is 0.151. The largest absolute Gasteiger partial charge is 0.506 e. The average Bonchev–Trinajstić information content (AvgIpc) is 3.80. The molecular weight excluding hydrogens is 633 g/mol. The Morgan fingerprint density at radius 3 is 2.39 bits per heavy atom. The van der Waals surface area contributed by atoms with Gasteiger partial charge in [0.25, 0.3) is 5.91 Å². The molecule has 8 rings (SSSR count). The first-order chi connectivity index (χ1) is 23.5. The second kappa shape index (κ2) is 12.0. The van der Waals surface area contributed by atoms with Crippen LogP contribution in [-0.4, -0.2) is 71.3 Å². The zero-order valence-electron chi connectivity index (χ0n) is 28.3. The number of likely N-dealkylation sites (tertiary alicyclic amines) is 1. The monoisotopic (exact) mass is 681 g/mol. The van der Waals surface area contributed by atoms with Gasteiger partial charge < -0.3 is 24.4 Å². The van der Waals surface area contributed by atoms with E-state index in [9.17, 15) is 27.9 Å². The van der Waals surface area contributed by atoms with Gasteiger partial charge in [-0.15, -0.1) is 0 Å². The van der Waals surface area contributed by atoms with Crippen LogP contribution in [0.2, 0.25) is 0 Å². The number of carbonyl (C=O) groups excluding carboxylic acids is 2. The Morgan fingerprint density at radius 2 is 1.71 bits per heavy atom. The molecular formula is C39H48F3N2O5+. The summed E-state index contributed by atoms with van der Waals surface area (Å²) in [5, 5.41) is 13.3. The lowest BCUT2D eigenvalue weighted by Crippen LogP contribution is -2.71.